The van der Waals surface area contributed by atoms with E-state index in [1.54, 1.807) is 0 Å². The first-order chi connectivity index (χ1) is 12.8. The fourth-order valence-electron chi connectivity index (χ4n) is 3.65. The highest BCUT2D eigenvalue weighted by atomic mass is 32.2. The molecule has 2 aliphatic heterocycles. The third-order valence-corrected chi connectivity index (χ3v) is 7.26. The van der Waals surface area contributed by atoms with Crippen LogP contribution >= 0.6 is 0 Å². The molecule has 1 aromatic carbocycles. The maximum Gasteiger partial charge on any atom is 0.243 e. The summed E-state index contributed by atoms with van der Waals surface area (Å²) in [7, 11) is -1.86. The first kappa shape index (κ1) is 20.2. The molecule has 0 aromatic heterocycles. The lowest BCUT2D eigenvalue weighted by atomic mass is 9.96. The molecule has 0 bridgehead atoms. The van der Waals surface area contributed by atoms with E-state index in [2.05, 4.69) is 4.90 Å². The summed E-state index contributed by atoms with van der Waals surface area (Å²) in [5.74, 6) is -2.37. The molecule has 0 radical (unpaired) electrons. The van der Waals surface area contributed by atoms with Gasteiger partial charge in [-0.15, -0.1) is 0 Å². The van der Waals surface area contributed by atoms with Crippen LogP contribution < -0.4 is 0 Å². The number of hydrogen-bond acceptors (Lipinski definition) is 4. The molecular formula is C18H25F2N3O3S. The molecule has 150 valence electrons. The Morgan fingerprint density at radius 1 is 1.00 bits per heavy atom. The maximum absolute atomic E-state index is 13.4. The molecule has 0 saturated carbocycles. The smallest absolute Gasteiger partial charge is 0.243 e. The van der Waals surface area contributed by atoms with E-state index >= 15 is 0 Å². The molecule has 0 unspecified atom stereocenters. The van der Waals surface area contributed by atoms with Crippen molar-refractivity contribution in [1.29, 1.82) is 0 Å². The minimum Gasteiger partial charge on any atom is -0.341 e. The van der Waals surface area contributed by atoms with Gasteiger partial charge < -0.3 is 9.80 Å². The number of benzene rings is 1. The highest BCUT2D eigenvalue weighted by Crippen LogP contribution is 2.26. The van der Waals surface area contributed by atoms with Crippen LogP contribution in [0.25, 0.3) is 0 Å². The summed E-state index contributed by atoms with van der Waals surface area (Å²) in [4.78, 5) is 16.6. The Kier molecular flexibility index (Phi) is 6.12. The third kappa shape index (κ3) is 4.47. The SMILES string of the molecule is CN1CCCN(C(=O)C2CCN(S(=O)(=O)c3ccc(F)c(F)c3)CC2)CC1. The van der Waals surface area contributed by atoms with E-state index in [4.69, 9.17) is 0 Å². The summed E-state index contributed by atoms with van der Waals surface area (Å²) in [6.07, 6.45) is 1.81. The number of likely N-dealkylation sites (N-methyl/N-ethyl adjacent to an activating group) is 1. The largest absolute Gasteiger partial charge is 0.341 e. The van der Waals surface area contributed by atoms with Crippen molar-refractivity contribution in [3.05, 3.63) is 29.8 Å². The van der Waals surface area contributed by atoms with Gasteiger partial charge in [0.1, 0.15) is 0 Å². The first-order valence-electron chi connectivity index (χ1n) is 9.21. The van der Waals surface area contributed by atoms with Crippen LogP contribution in [0.2, 0.25) is 0 Å². The van der Waals surface area contributed by atoms with Crippen LogP contribution in [0.1, 0.15) is 19.3 Å². The molecule has 27 heavy (non-hydrogen) atoms. The van der Waals surface area contributed by atoms with Crippen molar-refractivity contribution in [3.63, 3.8) is 0 Å². The molecule has 0 atom stereocenters. The maximum atomic E-state index is 13.4. The summed E-state index contributed by atoms with van der Waals surface area (Å²) >= 11 is 0. The van der Waals surface area contributed by atoms with Gasteiger partial charge in [0.15, 0.2) is 11.6 Å². The average molecular weight is 401 g/mol. The van der Waals surface area contributed by atoms with Gasteiger partial charge in [0, 0.05) is 38.6 Å². The Hall–Kier alpha value is -1.58. The van der Waals surface area contributed by atoms with Crippen molar-refractivity contribution in [3.8, 4) is 0 Å². The van der Waals surface area contributed by atoms with E-state index in [9.17, 15) is 22.0 Å². The first-order valence-corrected chi connectivity index (χ1v) is 10.7. The Morgan fingerprint density at radius 3 is 2.37 bits per heavy atom. The van der Waals surface area contributed by atoms with Gasteiger partial charge in [0.2, 0.25) is 15.9 Å². The molecule has 0 N–H and O–H groups in total. The lowest BCUT2D eigenvalue weighted by Gasteiger charge is -2.33. The predicted molar refractivity (Wildman–Crippen MR) is 96.5 cm³/mol. The summed E-state index contributed by atoms with van der Waals surface area (Å²) in [5, 5.41) is 0. The van der Waals surface area contributed by atoms with Crippen LogP contribution in [0.3, 0.4) is 0 Å². The topological polar surface area (TPSA) is 60.9 Å². The fraction of sp³-hybridized carbons (Fsp3) is 0.611. The van der Waals surface area contributed by atoms with E-state index < -0.39 is 21.7 Å². The van der Waals surface area contributed by atoms with Crippen LogP contribution in [0.4, 0.5) is 8.78 Å². The van der Waals surface area contributed by atoms with Crippen molar-refractivity contribution in [2.75, 3.05) is 46.3 Å². The molecular weight excluding hydrogens is 376 g/mol. The van der Waals surface area contributed by atoms with Crippen LogP contribution in [0.15, 0.2) is 23.1 Å². The number of halogens is 2. The minimum atomic E-state index is -3.89. The Bertz CT molecular complexity index is 795. The Balaban J connectivity index is 1.62. The number of carbonyl (C=O) groups is 1. The van der Waals surface area contributed by atoms with Crippen molar-refractivity contribution in [2.24, 2.45) is 5.92 Å². The van der Waals surface area contributed by atoms with Gasteiger partial charge in [0.25, 0.3) is 0 Å². The van der Waals surface area contributed by atoms with Crippen LogP contribution in [-0.2, 0) is 14.8 Å². The predicted octanol–water partition coefficient (Wildman–Crippen LogP) is 1.53. The number of piperidine rings is 1. The minimum absolute atomic E-state index is 0.0928. The molecule has 2 aliphatic rings. The second-order valence-electron chi connectivity index (χ2n) is 7.24. The molecule has 2 heterocycles. The van der Waals surface area contributed by atoms with E-state index in [1.807, 2.05) is 11.9 Å². The summed E-state index contributed by atoms with van der Waals surface area (Å²) in [6, 6.07) is 2.59. The molecule has 3 rings (SSSR count). The number of hydrogen-bond donors (Lipinski definition) is 0. The number of nitrogens with zero attached hydrogens (tertiary/aromatic N) is 3. The zero-order chi connectivity index (χ0) is 19.6. The van der Waals surface area contributed by atoms with Crippen LogP contribution in [-0.4, -0.2) is 74.7 Å². The molecule has 2 saturated heterocycles. The van der Waals surface area contributed by atoms with Crippen LogP contribution in [0.5, 0.6) is 0 Å². The average Bonchev–Trinajstić information content (AvgIpc) is 2.88. The van der Waals surface area contributed by atoms with Crippen LogP contribution in [0, 0.1) is 17.6 Å². The summed E-state index contributed by atoms with van der Waals surface area (Å²) in [5.41, 5.74) is 0. The normalized spacial score (nSPS) is 21.2. The molecule has 0 spiro atoms. The summed E-state index contributed by atoms with van der Waals surface area (Å²) in [6.45, 7) is 3.64. The van der Waals surface area contributed by atoms with Gasteiger partial charge in [-0.2, -0.15) is 4.31 Å². The highest BCUT2D eigenvalue weighted by molar-refractivity contribution is 7.89. The zero-order valence-corrected chi connectivity index (χ0v) is 16.2. The lowest BCUT2D eigenvalue weighted by molar-refractivity contribution is -0.136. The molecule has 0 aliphatic carbocycles. The molecule has 2 fully saturated rings. The van der Waals surface area contributed by atoms with Crippen molar-refractivity contribution in [2.45, 2.75) is 24.2 Å². The number of amides is 1. The number of sulfonamides is 1. The number of carbonyl (C=O) groups excluding carboxylic acids is 1. The van der Waals surface area contributed by atoms with Gasteiger partial charge in [-0.05, 0) is 51.1 Å². The van der Waals surface area contributed by atoms with E-state index in [0.717, 1.165) is 38.2 Å². The van der Waals surface area contributed by atoms with Gasteiger partial charge in [0.05, 0.1) is 4.90 Å². The second-order valence-corrected chi connectivity index (χ2v) is 9.17. The Labute approximate surface area is 158 Å². The van der Waals surface area contributed by atoms with Gasteiger partial charge >= 0.3 is 0 Å². The van der Waals surface area contributed by atoms with Crippen molar-refractivity contribution >= 4 is 15.9 Å². The van der Waals surface area contributed by atoms with E-state index in [-0.39, 0.29) is 29.8 Å². The molecule has 9 heteroatoms. The van der Waals surface area contributed by atoms with Crippen molar-refractivity contribution in [1.82, 2.24) is 14.1 Å². The lowest BCUT2D eigenvalue weighted by Crippen LogP contribution is -2.45. The monoisotopic (exact) mass is 401 g/mol. The fourth-order valence-corrected chi connectivity index (χ4v) is 5.14. The highest BCUT2D eigenvalue weighted by Gasteiger charge is 2.34. The zero-order valence-electron chi connectivity index (χ0n) is 15.4. The summed E-state index contributed by atoms with van der Waals surface area (Å²) < 4.78 is 53.0. The third-order valence-electron chi connectivity index (χ3n) is 5.36. The second kappa shape index (κ2) is 8.20. The molecule has 6 nitrogen and oxygen atoms in total. The molecule has 1 amide bonds. The standard InChI is InChI=1S/C18H25F2N3O3S/c1-21-7-2-8-22(12-11-21)18(24)14-5-9-23(10-6-14)27(25,26)15-3-4-16(19)17(20)13-15/h3-4,13-14H,2,5-12H2,1H3. The Morgan fingerprint density at radius 2 is 1.70 bits per heavy atom. The molecule has 1 aromatic rings. The number of rotatable bonds is 3. The van der Waals surface area contributed by atoms with E-state index in [0.29, 0.717) is 25.5 Å². The quantitative estimate of drug-likeness (QED) is 0.771. The van der Waals surface area contributed by atoms with Gasteiger partial charge in [-0.25, -0.2) is 17.2 Å². The van der Waals surface area contributed by atoms with Crippen molar-refractivity contribution < 1.29 is 22.0 Å². The van der Waals surface area contributed by atoms with E-state index in [1.165, 1.54) is 4.31 Å². The van der Waals surface area contributed by atoms with Gasteiger partial charge in [-0.3, -0.25) is 4.79 Å². The van der Waals surface area contributed by atoms with Gasteiger partial charge in [-0.1, -0.05) is 0 Å².